The number of rotatable bonds is 3. The van der Waals surface area contributed by atoms with E-state index in [2.05, 4.69) is 21.9 Å². The van der Waals surface area contributed by atoms with Crippen molar-refractivity contribution >= 4 is 11.8 Å². The van der Waals surface area contributed by atoms with Crippen molar-refractivity contribution in [3.63, 3.8) is 0 Å². The number of nitrogens with two attached hydrogens (primary N) is 1. The van der Waals surface area contributed by atoms with E-state index in [9.17, 15) is 0 Å². The Morgan fingerprint density at radius 3 is 3.08 bits per heavy atom. The summed E-state index contributed by atoms with van der Waals surface area (Å²) in [4.78, 5) is 7.93. The molecule has 0 aromatic carbocycles. The molecular weight excluding hydrogens is 152 g/mol. The first kappa shape index (κ1) is 8.52. The van der Waals surface area contributed by atoms with Gasteiger partial charge in [0.1, 0.15) is 5.82 Å². The zero-order valence-electron chi connectivity index (χ0n) is 7.04. The lowest BCUT2D eigenvalue weighted by molar-refractivity contribution is 1.10. The van der Waals surface area contributed by atoms with Crippen molar-refractivity contribution in [1.29, 1.82) is 0 Å². The van der Waals surface area contributed by atoms with Gasteiger partial charge in [0.05, 0.1) is 0 Å². The smallest absolute Gasteiger partial charge is 0.224 e. The van der Waals surface area contributed by atoms with Gasteiger partial charge in [0.15, 0.2) is 0 Å². The molecule has 0 spiro atoms. The van der Waals surface area contributed by atoms with E-state index in [0.29, 0.717) is 18.3 Å². The summed E-state index contributed by atoms with van der Waals surface area (Å²) in [5.41, 5.74) is 6.48. The molecule has 0 atom stereocenters. The molecule has 0 fully saturated rings. The predicted molar refractivity (Wildman–Crippen MR) is 49.7 cm³/mol. The zero-order valence-corrected chi connectivity index (χ0v) is 7.04. The van der Waals surface area contributed by atoms with E-state index in [-0.39, 0.29) is 0 Å². The minimum Gasteiger partial charge on any atom is -0.384 e. The van der Waals surface area contributed by atoms with Crippen molar-refractivity contribution in [3.8, 4) is 0 Å². The summed E-state index contributed by atoms with van der Waals surface area (Å²) in [6.45, 7) is 6.34. The van der Waals surface area contributed by atoms with Crippen LogP contribution in [0.2, 0.25) is 0 Å². The van der Waals surface area contributed by atoms with Crippen LogP contribution in [-0.4, -0.2) is 16.5 Å². The molecule has 12 heavy (non-hydrogen) atoms. The Kier molecular flexibility index (Phi) is 2.63. The fourth-order valence-electron chi connectivity index (χ4n) is 0.688. The summed E-state index contributed by atoms with van der Waals surface area (Å²) in [6, 6.07) is 1.64. The van der Waals surface area contributed by atoms with Crippen molar-refractivity contribution in [3.05, 3.63) is 24.4 Å². The second-order valence-corrected chi connectivity index (χ2v) is 2.62. The molecule has 1 heterocycles. The number of aromatic nitrogens is 2. The minimum atomic E-state index is 0.467. The van der Waals surface area contributed by atoms with Crippen LogP contribution in [0.25, 0.3) is 0 Å². The molecule has 0 bridgehead atoms. The molecule has 0 radical (unpaired) electrons. The molecule has 0 amide bonds. The van der Waals surface area contributed by atoms with Gasteiger partial charge in [0, 0.05) is 12.7 Å². The Bertz CT molecular complexity index is 282. The van der Waals surface area contributed by atoms with Crippen LogP contribution in [0.15, 0.2) is 24.4 Å². The van der Waals surface area contributed by atoms with Gasteiger partial charge in [0.2, 0.25) is 5.95 Å². The Labute approximate surface area is 71.5 Å². The van der Waals surface area contributed by atoms with Gasteiger partial charge in [-0.05, 0) is 13.0 Å². The highest BCUT2D eigenvalue weighted by molar-refractivity contribution is 5.35. The van der Waals surface area contributed by atoms with Gasteiger partial charge >= 0.3 is 0 Å². The van der Waals surface area contributed by atoms with E-state index in [0.717, 1.165) is 5.57 Å². The number of nitrogens with zero attached hydrogens (tertiary/aromatic N) is 2. The molecule has 1 rings (SSSR count). The van der Waals surface area contributed by atoms with Gasteiger partial charge in [0.25, 0.3) is 0 Å². The SMILES string of the molecule is C=C(C)CNc1nccc(N)n1. The molecule has 0 aliphatic carbocycles. The van der Waals surface area contributed by atoms with Crippen LogP contribution in [0.1, 0.15) is 6.92 Å². The van der Waals surface area contributed by atoms with E-state index in [4.69, 9.17) is 5.73 Å². The first-order valence-corrected chi connectivity index (χ1v) is 3.65. The molecule has 1 aromatic heterocycles. The first-order chi connectivity index (χ1) is 5.68. The quantitative estimate of drug-likeness (QED) is 0.655. The highest BCUT2D eigenvalue weighted by Crippen LogP contribution is 2.01. The largest absolute Gasteiger partial charge is 0.384 e. The van der Waals surface area contributed by atoms with Gasteiger partial charge < -0.3 is 11.1 Å². The van der Waals surface area contributed by atoms with Crippen LogP contribution in [0.4, 0.5) is 11.8 Å². The van der Waals surface area contributed by atoms with E-state index >= 15 is 0 Å². The Hall–Kier alpha value is -1.58. The molecule has 0 aliphatic rings. The maximum atomic E-state index is 5.45. The molecule has 0 aliphatic heterocycles. The van der Waals surface area contributed by atoms with Crippen molar-refractivity contribution < 1.29 is 0 Å². The lowest BCUT2D eigenvalue weighted by Crippen LogP contribution is -2.06. The first-order valence-electron chi connectivity index (χ1n) is 3.65. The number of anilines is 2. The van der Waals surface area contributed by atoms with E-state index in [1.54, 1.807) is 12.3 Å². The topological polar surface area (TPSA) is 63.8 Å². The lowest BCUT2D eigenvalue weighted by Gasteiger charge is -2.03. The fourth-order valence-corrected chi connectivity index (χ4v) is 0.688. The Balaban J connectivity index is 2.57. The second kappa shape index (κ2) is 3.71. The maximum Gasteiger partial charge on any atom is 0.224 e. The van der Waals surface area contributed by atoms with Crippen LogP contribution < -0.4 is 11.1 Å². The second-order valence-electron chi connectivity index (χ2n) is 2.62. The van der Waals surface area contributed by atoms with E-state index < -0.39 is 0 Å². The molecular formula is C8H12N4. The standard InChI is InChI=1S/C8H12N4/c1-6(2)5-11-8-10-4-3-7(9)12-8/h3-4H,1,5H2,2H3,(H3,9,10,11,12). The summed E-state index contributed by atoms with van der Waals surface area (Å²) < 4.78 is 0. The molecule has 4 heteroatoms. The van der Waals surface area contributed by atoms with Crippen molar-refractivity contribution in [2.75, 3.05) is 17.6 Å². The average molecular weight is 164 g/mol. The van der Waals surface area contributed by atoms with E-state index in [1.165, 1.54) is 0 Å². The van der Waals surface area contributed by atoms with Crippen LogP contribution in [0.5, 0.6) is 0 Å². The highest BCUT2D eigenvalue weighted by atomic mass is 15.1. The number of nitrogen functional groups attached to an aromatic ring is 1. The average Bonchev–Trinajstić information content (AvgIpc) is 2.01. The number of nitrogens with one attached hydrogen (secondary N) is 1. The van der Waals surface area contributed by atoms with E-state index in [1.807, 2.05) is 6.92 Å². The van der Waals surface area contributed by atoms with Gasteiger partial charge in [-0.25, -0.2) is 4.98 Å². The summed E-state index contributed by atoms with van der Waals surface area (Å²) >= 11 is 0. The summed E-state index contributed by atoms with van der Waals surface area (Å²) in [6.07, 6.45) is 1.61. The monoisotopic (exact) mass is 164 g/mol. The zero-order chi connectivity index (χ0) is 8.97. The van der Waals surface area contributed by atoms with Crippen LogP contribution in [-0.2, 0) is 0 Å². The minimum absolute atomic E-state index is 0.467. The third-order valence-corrected chi connectivity index (χ3v) is 1.23. The van der Waals surface area contributed by atoms with Gasteiger partial charge in [-0.1, -0.05) is 12.2 Å². The Morgan fingerprint density at radius 1 is 1.75 bits per heavy atom. The lowest BCUT2D eigenvalue weighted by atomic mass is 10.3. The molecule has 1 aromatic rings. The van der Waals surface area contributed by atoms with Crippen molar-refractivity contribution in [1.82, 2.24) is 9.97 Å². The van der Waals surface area contributed by atoms with Crippen LogP contribution >= 0.6 is 0 Å². The third-order valence-electron chi connectivity index (χ3n) is 1.23. The van der Waals surface area contributed by atoms with Crippen LogP contribution in [0, 0.1) is 0 Å². The number of hydrogen-bond donors (Lipinski definition) is 2. The fraction of sp³-hybridized carbons (Fsp3) is 0.250. The molecule has 4 nitrogen and oxygen atoms in total. The molecule has 0 unspecified atom stereocenters. The summed E-state index contributed by atoms with van der Waals surface area (Å²) in [5, 5.41) is 2.98. The summed E-state index contributed by atoms with van der Waals surface area (Å²) in [5.74, 6) is 1.01. The maximum absolute atomic E-state index is 5.45. The third kappa shape index (κ3) is 2.57. The van der Waals surface area contributed by atoms with Gasteiger partial charge in [-0.15, -0.1) is 0 Å². The van der Waals surface area contributed by atoms with Crippen molar-refractivity contribution in [2.24, 2.45) is 0 Å². The predicted octanol–water partition coefficient (Wildman–Crippen LogP) is 1.05. The van der Waals surface area contributed by atoms with Crippen molar-refractivity contribution in [2.45, 2.75) is 6.92 Å². The Morgan fingerprint density at radius 2 is 2.50 bits per heavy atom. The van der Waals surface area contributed by atoms with Gasteiger partial charge in [-0.3, -0.25) is 0 Å². The normalized spacial score (nSPS) is 9.42. The van der Waals surface area contributed by atoms with Gasteiger partial charge in [-0.2, -0.15) is 4.98 Å². The van der Waals surface area contributed by atoms with Crippen LogP contribution in [0.3, 0.4) is 0 Å². The molecule has 3 N–H and O–H groups in total. The molecule has 0 saturated heterocycles. The molecule has 0 saturated carbocycles. The summed E-state index contributed by atoms with van der Waals surface area (Å²) in [7, 11) is 0. The molecule has 64 valence electrons. The number of hydrogen-bond acceptors (Lipinski definition) is 4. The highest BCUT2D eigenvalue weighted by Gasteiger charge is 1.94.